The molecule has 2 aromatic carbocycles. The van der Waals surface area contributed by atoms with Crippen LogP contribution in [0.15, 0.2) is 75.9 Å². The summed E-state index contributed by atoms with van der Waals surface area (Å²) in [5, 5.41) is 6.81. The van der Waals surface area contributed by atoms with E-state index in [4.69, 9.17) is 13.7 Å². The number of para-hydroxylation sites is 1. The monoisotopic (exact) mass is 361 g/mol. The Hall–Kier alpha value is -3.87. The largest absolute Gasteiger partial charge is 0.496 e. The van der Waals surface area contributed by atoms with E-state index in [1.165, 1.54) is 6.26 Å². The number of methoxy groups -OCH3 is 1. The van der Waals surface area contributed by atoms with Crippen molar-refractivity contribution in [3.8, 4) is 28.6 Å². The van der Waals surface area contributed by atoms with Crippen molar-refractivity contribution in [2.45, 2.75) is 0 Å². The van der Waals surface area contributed by atoms with Crippen LogP contribution in [0.25, 0.3) is 22.8 Å². The number of benzene rings is 2. The van der Waals surface area contributed by atoms with Gasteiger partial charge in [0.1, 0.15) is 5.75 Å². The van der Waals surface area contributed by atoms with Gasteiger partial charge in [-0.2, -0.15) is 4.98 Å². The van der Waals surface area contributed by atoms with Gasteiger partial charge in [0.2, 0.25) is 5.82 Å². The van der Waals surface area contributed by atoms with Crippen molar-refractivity contribution in [3.05, 3.63) is 72.7 Å². The van der Waals surface area contributed by atoms with E-state index in [1.54, 1.807) is 37.4 Å². The molecule has 0 unspecified atom stereocenters. The lowest BCUT2D eigenvalue weighted by molar-refractivity contribution is 0.0996. The molecule has 4 rings (SSSR count). The lowest BCUT2D eigenvalue weighted by atomic mass is 10.2. The first kappa shape index (κ1) is 16.6. The van der Waals surface area contributed by atoms with Gasteiger partial charge in [-0.25, -0.2) is 0 Å². The van der Waals surface area contributed by atoms with Crippen LogP contribution in [0.1, 0.15) is 10.6 Å². The van der Waals surface area contributed by atoms with E-state index in [-0.39, 0.29) is 11.7 Å². The molecule has 0 aliphatic carbocycles. The number of furan rings is 1. The number of amides is 1. The second kappa shape index (κ2) is 7.17. The Labute approximate surface area is 154 Å². The third-order valence-corrected chi connectivity index (χ3v) is 3.89. The molecule has 0 fully saturated rings. The fraction of sp³-hybridized carbons (Fsp3) is 0.0500. The van der Waals surface area contributed by atoms with E-state index in [0.717, 1.165) is 0 Å². The molecule has 4 aromatic rings. The average molecular weight is 361 g/mol. The molecule has 2 aromatic heterocycles. The summed E-state index contributed by atoms with van der Waals surface area (Å²) in [5.74, 6) is 1.31. The molecule has 0 saturated heterocycles. The van der Waals surface area contributed by atoms with E-state index in [9.17, 15) is 4.79 Å². The molecule has 0 aliphatic heterocycles. The quantitative estimate of drug-likeness (QED) is 0.571. The lowest BCUT2D eigenvalue weighted by Gasteiger charge is -2.04. The first-order valence-electron chi connectivity index (χ1n) is 8.17. The fourth-order valence-corrected chi connectivity index (χ4v) is 2.61. The molecule has 7 heteroatoms. The lowest BCUT2D eigenvalue weighted by Crippen LogP contribution is -2.10. The van der Waals surface area contributed by atoms with E-state index in [1.807, 2.05) is 30.3 Å². The maximum Gasteiger partial charge on any atom is 0.291 e. The zero-order valence-electron chi connectivity index (χ0n) is 14.4. The molecule has 0 bridgehead atoms. The first-order valence-corrected chi connectivity index (χ1v) is 8.17. The van der Waals surface area contributed by atoms with Crippen LogP contribution >= 0.6 is 0 Å². The predicted molar refractivity (Wildman–Crippen MR) is 98.4 cm³/mol. The first-order chi connectivity index (χ1) is 13.2. The molecule has 0 aliphatic rings. The summed E-state index contributed by atoms with van der Waals surface area (Å²) in [4.78, 5) is 16.6. The van der Waals surface area contributed by atoms with Crippen LogP contribution in [0.3, 0.4) is 0 Å². The second-order valence-electron chi connectivity index (χ2n) is 5.64. The predicted octanol–water partition coefficient (Wildman–Crippen LogP) is 4.26. The minimum absolute atomic E-state index is 0.235. The molecule has 0 spiro atoms. The van der Waals surface area contributed by atoms with Crippen LogP contribution in [0, 0.1) is 0 Å². The summed E-state index contributed by atoms with van der Waals surface area (Å²) < 4.78 is 15.8. The molecule has 1 amide bonds. The van der Waals surface area contributed by atoms with E-state index in [0.29, 0.717) is 34.3 Å². The van der Waals surface area contributed by atoms with Crippen LogP contribution in [-0.2, 0) is 0 Å². The summed E-state index contributed by atoms with van der Waals surface area (Å²) in [7, 11) is 1.58. The SMILES string of the molecule is COc1ccccc1-c1nc(-c2cccc(NC(=O)c3ccco3)c2)no1. The second-order valence-corrected chi connectivity index (χ2v) is 5.64. The van der Waals surface area contributed by atoms with Crippen LogP contribution in [0.2, 0.25) is 0 Å². The Morgan fingerprint density at radius 1 is 1.07 bits per heavy atom. The Bertz CT molecular complexity index is 1070. The third kappa shape index (κ3) is 3.43. The van der Waals surface area contributed by atoms with Gasteiger partial charge < -0.3 is 19.0 Å². The van der Waals surface area contributed by atoms with Gasteiger partial charge in [0.25, 0.3) is 11.8 Å². The third-order valence-electron chi connectivity index (χ3n) is 3.89. The Balaban J connectivity index is 1.59. The number of anilines is 1. The smallest absolute Gasteiger partial charge is 0.291 e. The minimum Gasteiger partial charge on any atom is -0.496 e. The summed E-state index contributed by atoms with van der Waals surface area (Å²) in [6.45, 7) is 0. The maximum atomic E-state index is 12.1. The van der Waals surface area contributed by atoms with Crippen molar-refractivity contribution < 1.29 is 18.5 Å². The van der Waals surface area contributed by atoms with Crippen molar-refractivity contribution in [1.29, 1.82) is 0 Å². The highest BCUT2D eigenvalue weighted by atomic mass is 16.5. The fourth-order valence-electron chi connectivity index (χ4n) is 2.61. The molecular formula is C20H15N3O4. The zero-order chi connectivity index (χ0) is 18.6. The van der Waals surface area contributed by atoms with Gasteiger partial charge in [-0.3, -0.25) is 4.79 Å². The van der Waals surface area contributed by atoms with Gasteiger partial charge in [-0.05, 0) is 36.4 Å². The number of carbonyl (C=O) groups excluding carboxylic acids is 1. The number of aromatic nitrogens is 2. The highest BCUT2D eigenvalue weighted by Gasteiger charge is 2.15. The molecular weight excluding hydrogens is 346 g/mol. The van der Waals surface area contributed by atoms with Crippen molar-refractivity contribution in [2.24, 2.45) is 0 Å². The van der Waals surface area contributed by atoms with Gasteiger partial charge >= 0.3 is 0 Å². The molecule has 0 saturated carbocycles. The Morgan fingerprint density at radius 2 is 1.96 bits per heavy atom. The molecule has 27 heavy (non-hydrogen) atoms. The highest BCUT2D eigenvalue weighted by Crippen LogP contribution is 2.30. The van der Waals surface area contributed by atoms with Gasteiger partial charge in [0.15, 0.2) is 5.76 Å². The molecule has 0 radical (unpaired) electrons. The Morgan fingerprint density at radius 3 is 2.78 bits per heavy atom. The molecule has 2 heterocycles. The number of hydrogen-bond acceptors (Lipinski definition) is 6. The maximum absolute atomic E-state index is 12.1. The molecule has 1 N–H and O–H groups in total. The summed E-state index contributed by atoms with van der Waals surface area (Å²) >= 11 is 0. The highest BCUT2D eigenvalue weighted by molar-refractivity contribution is 6.02. The van der Waals surface area contributed by atoms with Gasteiger partial charge in [0, 0.05) is 11.3 Å². The Kier molecular flexibility index (Phi) is 4.40. The number of rotatable bonds is 5. The zero-order valence-corrected chi connectivity index (χ0v) is 14.4. The number of nitrogens with zero attached hydrogens (tertiary/aromatic N) is 2. The topological polar surface area (TPSA) is 90.4 Å². The number of nitrogens with one attached hydrogen (secondary N) is 1. The van der Waals surface area contributed by atoms with E-state index >= 15 is 0 Å². The minimum atomic E-state index is -0.333. The van der Waals surface area contributed by atoms with Gasteiger partial charge in [-0.1, -0.05) is 29.4 Å². The number of carbonyl (C=O) groups is 1. The van der Waals surface area contributed by atoms with Crippen LogP contribution in [0.5, 0.6) is 5.75 Å². The van der Waals surface area contributed by atoms with Crippen LogP contribution in [0.4, 0.5) is 5.69 Å². The standard InChI is InChI=1S/C20H15N3O4/c1-25-16-9-3-2-8-15(16)20-22-18(23-27-20)13-6-4-7-14(12-13)21-19(24)17-10-5-11-26-17/h2-12H,1H3,(H,21,24). The number of hydrogen-bond donors (Lipinski definition) is 1. The van der Waals surface area contributed by atoms with Crippen molar-refractivity contribution >= 4 is 11.6 Å². The van der Waals surface area contributed by atoms with Crippen molar-refractivity contribution in [2.75, 3.05) is 12.4 Å². The van der Waals surface area contributed by atoms with E-state index in [2.05, 4.69) is 15.5 Å². The van der Waals surface area contributed by atoms with E-state index < -0.39 is 0 Å². The van der Waals surface area contributed by atoms with Crippen LogP contribution in [-0.4, -0.2) is 23.2 Å². The summed E-state index contributed by atoms with van der Waals surface area (Å²) in [6.07, 6.45) is 1.45. The van der Waals surface area contributed by atoms with Gasteiger partial charge in [0.05, 0.1) is 18.9 Å². The number of ether oxygens (including phenoxy) is 1. The van der Waals surface area contributed by atoms with Crippen LogP contribution < -0.4 is 10.1 Å². The summed E-state index contributed by atoms with van der Waals surface area (Å²) in [6, 6.07) is 17.8. The summed E-state index contributed by atoms with van der Waals surface area (Å²) in [5.41, 5.74) is 2.01. The van der Waals surface area contributed by atoms with Crippen molar-refractivity contribution in [3.63, 3.8) is 0 Å². The van der Waals surface area contributed by atoms with Crippen molar-refractivity contribution in [1.82, 2.24) is 10.1 Å². The average Bonchev–Trinajstić information content (AvgIpc) is 3.40. The molecule has 7 nitrogen and oxygen atoms in total. The normalized spacial score (nSPS) is 10.6. The molecule has 134 valence electrons. The molecule has 0 atom stereocenters. The van der Waals surface area contributed by atoms with Gasteiger partial charge in [-0.15, -0.1) is 0 Å².